The fourth-order valence-electron chi connectivity index (χ4n) is 2.20. The van der Waals surface area contributed by atoms with E-state index in [2.05, 4.69) is 10.0 Å². The Kier molecular flexibility index (Phi) is 4.77. The fourth-order valence-corrected chi connectivity index (χ4v) is 4.52. The van der Waals surface area contributed by atoms with Crippen LogP contribution in [0.15, 0.2) is 11.4 Å². The second-order valence-electron chi connectivity index (χ2n) is 4.84. The second kappa shape index (κ2) is 6.14. The van der Waals surface area contributed by atoms with E-state index < -0.39 is 10.0 Å². The minimum atomic E-state index is -3.16. The van der Waals surface area contributed by atoms with Crippen molar-refractivity contribution in [2.24, 2.45) is 5.92 Å². The first kappa shape index (κ1) is 14.0. The molecule has 1 aliphatic rings. The summed E-state index contributed by atoms with van der Waals surface area (Å²) in [7, 11) is -3.16. The summed E-state index contributed by atoms with van der Waals surface area (Å²) in [5, 5.41) is 5.24. The van der Waals surface area contributed by atoms with E-state index in [9.17, 15) is 8.42 Å². The Labute approximate surface area is 113 Å². The van der Waals surface area contributed by atoms with Crippen molar-refractivity contribution in [2.45, 2.75) is 26.3 Å². The molecule has 102 valence electrons. The molecule has 2 rings (SSSR count). The summed E-state index contributed by atoms with van der Waals surface area (Å²) in [5.74, 6) is 0.491. The number of hydrogen-bond acceptors (Lipinski definition) is 4. The summed E-state index contributed by atoms with van der Waals surface area (Å²) in [4.78, 5) is 1.10. The zero-order valence-electron chi connectivity index (χ0n) is 10.6. The number of hydrogen-bond donors (Lipinski definition) is 2. The normalized spacial score (nSPS) is 21.1. The lowest BCUT2D eigenvalue weighted by molar-refractivity contribution is 0.402. The van der Waals surface area contributed by atoms with E-state index in [1.807, 2.05) is 18.4 Å². The van der Waals surface area contributed by atoms with Crippen molar-refractivity contribution in [3.05, 3.63) is 21.9 Å². The highest BCUT2D eigenvalue weighted by atomic mass is 32.2. The van der Waals surface area contributed by atoms with Crippen molar-refractivity contribution in [1.82, 2.24) is 10.0 Å². The molecule has 0 saturated carbocycles. The van der Waals surface area contributed by atoms with Crippen molar-refractivity contribution in [2.75, 3.05) is 18.8 Å². The fraction of sp³-hybridized carbons (Fsp3) is 0.667. The quantitative estimate of drug-likeness (QED) is 0.863. The topological polar surface area (TPSA) is 58.2 Å². The molecular formula is C12H20N2O2S2. The van der Waals surface area contributed by atoms with E-state index in [1.165, 1.54) is 0 Å². The third kappa shape index (κ3) is 4.05. The Balaban J connectivity index is 1.85. The summed E-state index contributed by atoms with van der Waals surface area (Å²) in [6.07, 6.45) is 2.08. The van der Waals surface area contributed by atoms with Gasteiger partial charge in [0.2, 0.25) is 10.0 Å². The molecule has 0 spiro atoms. The van der Waals surface area contributed by atoms with Crippen molar-refractivity contribution in [3.8, 4) is 0 Å². The number of thiophene rings is 1. The van der Waals surface area contributed by atoms with E-state index in [0.29, 0.717) is 6.54 Å². The van der Waals surface area contributed by atoms with Crippen LogP contribution in [0, 0.1) is 12.8 Å². The van der Waals surface area contributed by atoms with Crippen LogP contribution in [0.5, 0.6) is 0 Å². The van der Waals surface area contributed by atoms with Crippen molar-refractivity contribution >= 4 is 21.4 Å². The third-order valence-electron chi connectivity index (χ3n) is 3.27. The molecule has 1 aromatic rings. The number of rotatable bonds is 5. The molecule has 0 aliphatic carbocycles. The van der Waals surface area contributed by atoms with Crippen LogP contribution in [-0.4, -0.2) is 27.3 Å². The van der Waals surface area contributed by atoms with Crippen LogP contribution in [0.2, 0.25) is 0 Å². The monoisotopic (exact) mass is 288 g/mol. The van der Waals surface area contributed by atoms with E-state index in [4.69, 9.17) is 0 Å². The van der Waals surface area contributed by atoms with Gasteiger partial charge in [0.05, 0.1) is 5.75 Å². The maximum absolute atomic E-state index is 12.0. The van der Waals surface area contributed by atoms with Crippen LogP contribution in [-0.2, 0) is 16.6 Å². The zero-order chi connectivity index (χ0) is 13.0. The minimum absolute atomic E-state index is 0.240. The van der Waals surface area contributed by atoms with Gasteiger partial charge in [-0.2, -0.15) is 0 Å². The molecule has 1 aromatic heterocycles. The van der Waals surface area contributed by atoms with E-state index in [0.717, 1.165) is 36.4 Å². The van der Waals surface area contributed by atoms with E-state index >= 15 is 0 Å². The number of aryl methyl sites for hydroxylation is 1. The van der Waals surface area contributed by atoms with Gasteiger partial charge >= 0.3 is 0 Å². The van der Waals surface area contributed by atoms with Gasteiger partial charge in [-0.3, -0.25) is 0 Å². The van der Waals surface area contributed by atoms with Gasteiger partial charge in [0.15, 0.2) is 0 Å². The van der Waals surface area contributed by atoms with Crippen LogP contribution >= 0.6 is 11.3 Å². The Bertz CT molecular complexity index is 476. The standard InChI is InChI=1S/C12H20N2O2S2/c1-10-4-6-17-12(10)8-14-18(15,16)9-11-3-2-5-13-7-11/h4,6,11,13-14H,2-3,5,7-9H2,1H3. The highest BCUT2D eigenvalue weighted by molar-refractivity contribution is 7.89. The minimum Gasteiger partial charge on any atom is -0.316 e. The first-order chi connectivity index (χ1) is 8.57. The van der Waals surface area contributed by atoms with Gasteiger partial charge in [-0.25, -0.2) is 13.1 Å². The molecular weight excluding hydrogens is 268 g/mol. The smallest absolute Gasteiger partial charge is 0.212 e. The molecule has 0 bridgehead atoms. The largest absolute Gasteiger partial charge is 0.316 e. The van der Waals surface area contributed by atoms with E-state index in [-0.39, 0.29) is 11.7 Å². The maximum Gasteiger partial charge on any atom is 0.212 e. The van der Waals surface area contributed by atoms with Crippen LogP contribution < -0.4 is 10.0 Å². The average molecular weight is 288 g/mol. The molecule has 18 heavy (non-hydrogen) atoms. The van der Waals surface area contributed by atoms with Gasteiger partial charge in [0.1, 0.15) is 0 Å². The molecule has 0 radical (unpaired) electrons. The molecule has 2 heterocycles. The number of nitrogens with one attached hydrogen (secondary N) is 2. The highest BCUT2D eigenvalue weighted by Gasteiger charge is 2.21. The predicted molar refractivity (Wildman–Crippen MR) is 75.3 cm³/mol. The lowest BCUT2D eigenvalue weighted by atomic mass is 10.0. The summed E-state index contributed by atoms with van der Waals surface area (Å²) < 4.78 is 26.6. The Morgan fingerprint density at radius 1 is 1.56 bits per heavy atom. The molecule has 2 N–H and O–H groups in total. The van der Waals surface area contributed by atoms with Crippen molar-refractivity contribution in [1.29, 1.82) is 0 Å². The Morgan fingerprint density at radius 2 is 2.39 bits per heavy atom. The summed E-state index contributed by atoms with van der Waals surface area (Å²) in [6.45, 7) is 4.26. The lowest BCUT2D eigenvalue weighted by Gasteiger charge is -2.22. The molecule has 6 heteroatoms. The number of sulfonamides is 1. The first-order valence-corrected chi connectivity index (χ1v) is 8.81. The van der Waals surface area contributed by atoms with Gasteiger partial charge < -0.3 is 5.32 Å². The number of piperidine rings is 1. The molecule has 1 saturated heterocycles. The molecule has 1 aliphatic heterocycles. The lowest BCUT2D eigenvalue weighted by Crippen LogP contribution is -2.37. The molecule has 0 amide bonds. The average Bonchev–Trinajstić information content (AvgIpc) is 2.73. The molecule has 4 nitrogen and oxygen atoms in total. The van der Waals surface area contributed by atoms with Crippen molar-refractivity contribution < 1.29 is 8.42 Å². The summed E-state index contributed by atoms with van der Waals surface area (Å²) in [6, 6.07) is 2.01. The Hall–Kier alpha value is -0.430. The van der Waals surface area contributed by atoms with Crippen molar-refractivity contribution in [3.63, 3.8) is 0 Å². The van der Waals surface area contributed by atoms with E-state index in [1.54, 1.807) is 11.3 Å². The summed E-state index contributed by atoms with van der Waals surface area (Å²) >= 11 is 1.60. The third-order valence-corrected chi connectivity index (χ3v) is 5.79. The Morgan fingerprint density at radius 3 is 3.00 bits per heavy atom. The van der Waals surface area contributed by atoms with Gasteiger partial charge in [-0.05, 0) is 55.8 Å². The van der Waals surface area contributed by atoms with Gasteiger partial charge in [-0.1, -0.05) is 0 Å². The molecule has 1 unspecified atom stereocenters. The zero-order valence-corrected chi connectivity index (χ0v) is 12.2. The first-order valence-electron chi connectivity index (χ1n) is 6.28. The highest BCUT2D eigenvalue weighted by Crippen LogP contribution is 2.16. The maximum atomic E-state index is 12.0. The van der Waals surface area contributed by atoms with Crippen LogP contribution in [0.4, 0.5) is 0 Å². The molecule has 1 fully saturated rings. The predicted octanol–water partition coefficient (Wildman–Crippen LogP) is 1.48. The van der Waals surface area contributed by atoms with Gasteiger partial charge in [0.25, 0.3) is 0 Å². The summed E-state index contributed by atoms with van der Waals surface area (Å²) in [5.41, 5.74) is 1.15. The van der Waals surface area contributed by atoms with Crippen LogP contribution in [0.25, 0.3) is 0 Å². The molecule has 1 atom stereocenters. The van der Waals surface area contributed by atoms with Gasteiger partial charge in [0, 0.05) is 11.4 Å². The molecule has 0 aromatic carbocycles. The SMILES string of the molecule is Cc1ccsc1CNS(=O)(=O)CC1CCCNC1. The second-order valence-corrected chi connectivity index (χ2v) is 7.69. The van der Waals surface area contributed by atoms with Gasteiger partial charge in [-0.15, -0.1) is 11.3 Å². The van der Waals surface area contributed by atoms with Crippen LogP contribution in [0.1, 0.15) is 23.3 Å². The van der Waals surface area contributed by atoms with Crippen LogP contribution in [0.3, 0.4) is 0 Å².